The number of hydrogen-bond acceptors (Lipinski definition) is 4. The Morgan fingerprint density at radius 3 is 2.87 bits per heavy atom. The van der Waals surface area contributed by atoms with Crippen LogP contribution in [-0.2, 0) is 6.54 Å². The molecule has 124 valence electrons. The van der Waals surface area contributed by atoms with Crippen LogP contribution >= 0.6 is 0 Å². The van der Waals surface area contributed by atoms with Gasteiger partial charge in [0.05, 0.1) is 31.9 Å². The number of unbranched alkanes of at least 4 members (excludes halogenated alkanes) is 1. The number of carbonyl (C=O) groups excluding carboxylic acids is 1. The quantitative estimate of drug-likeness (QED) is 0.726. The Morgan fingerprint density at radius 1 is 1.30 bits per heavy atom. The highest BCUT2D eigenvalue weighted by atomic mass is 16.5. The van der Waals surface area contributed by atoms with Gasteiger partial charge in [0.1, 0.15) is 11.5 Å². The van der Waals surface area contributed by atoms with Gasteiger partial charge in [-0.3, -0.25) is 0 Å². The van der Waals surface area contributed by atoms with E-state index in [1.807, 2.05) is 0 Å². The van der Waals surface area contributed by atoms with E-state index in [1.54, 1.807) is 43.9 Å². The molecule has 6 heteroatoms. The van der Waals surface area contributed by atoms with Gasteiger partial charge in [0, 0.05) is 18.2 Å². The highest BCUT2D eigenvalue weighted by Gasteiger charge is 2.10. The van der Waals surface area contributed by atoms with Gasteiger partial charge in [-0.2, -0.15) is 0 Å². The number of carbonyl (C=O) groups is 1. The average Bonchev–Trinajstić information content (AvgIpc) is 3.08. The minimum atomic E-state index is -0.320. The smallest absolute Gasteiger partial charge is 0.319 e. The van der Waals surface area contributed by atoms with Crippen molar-refractivity contribution in [3.05, 3.63) is 42.4 Å². The lowest BCUT2D eigenvalue weighted by Crippen LogP contribution is -2.28. The number of amides is 2. The second-order valence-corrected chi connectivity index (χ2v) is 5.00. The Hall–Kier alpha value is -2.63. The average molecular weight is 318 g/mol. The van der Waals surface area contributed by atoms with E-state index in [9.17, 15) is 4.79 Å². The fourth-order valence-corrected chi connectivity index (χ4v) is 1.93. The first-order valence-electron chi connectivity index (χ1n) is 7.59. The predicted octanol–water partition coefficient (Wildman–Crippen LogP) is 3.79. The summed E-state index contributed by atoms with van der Waals surface area (Å²) in [5.74, 6) is 1.27. The first kappa shape index (κ1) is 16.7. The van der Waals surface area contributed by atoms with Gasteiger partial charge in [-0.1, -0.05) is 13.3 Å². The molecule has 0 aliphatic carbocycles. The van der Waals surface area contributed by atoms with Crippen LogP contribution in [0.1, 0.15) is 25.3 Å². The summed E-state index contributed by atoms with van der Waals surface area (Å²) in [5, 5.41) is 5.55. The molecule has 0 saturated heterocycles. The summed E-state index contributed by atoms with van der Waals surface area (Å²) in [6, 6.07) is 6.81. The van der Waals surface area contributed by atoms with Crippen molar-refractivity contribution in [1.82, 2.24) is 5.32 Å². The summed E-state index contributed by atoms with van der Waals surface area (Å²) in [7, 11) is 1.58. The van der Waals surface area contributed by atoms with Gasteiger partial charge in [-0.15, -0.1) is 0 Å². The Labute approximate surface area is 135 Å². The van der Waals surface area contributed by atoms with Crippen LogP contribution in [0.4, 0.5) is 10.5 Å². The number of hydrogen-bond donors (Lipinski definition) is 2. The van der Waals surface area contributed by atoms with Crippen LogP contribution in [0, 0.1) is 0 Å². The monoisotopic (exact) mass is 318 g/mol. The first-order chi connectivity index (χ1) is 11.2. The van der Waals surface area contributed by atoms with Crippen LogP contribution in [0.25, 0.3) is 0 Å². The molecular weight excluding hydrogens is 296 g/mol. The normalized spacial score (nSPS) is 10.2. The van der Waals surface area contributed by atoms with Gasteiger partial charge in [0.2, 0.25) is 0 Å². The highest BCUT2D eigenvalue weighted by Crippen LogP contribution is 2.29. The molecular formula is C17H22N2O4. The van der Waals surface area contributed by atoms with Crippen molar-refractivity contribution in [2.45, 2.75) is 26.3 Å². The van der Waals surface area contributed by atoms with Crippen molar-refractivity contribution in [2.75, 3.05) is 19.0 Å². The molecule has 0 aliphatic heterocycles. The Kier molecular flexibility index (Phi) is 6.35. The molecule has 0 aliphatic rings. The molecule has 2 amide bonds. The van der Waals surface area contributed by atoms with Crippen molar-refractivity contribution in [3.63, 3.8) is 0 Å². The maximum absolute atomic E-state index is 12.0. The Balaban J connectivity index is 1.98. The molecule has 0 spiro atoms. The summed E-state index contributed by atoms with van der Waals surface area (Å²) < 4.78 is 15.9. The Morgan fingerprint density at radius 2 is 2.17 bits per heavy atom. The standard InChI is InChI=1S/C17H22N2O4/c1-3-4-8-23-16-6-5-14(21-2)10-15(16)19-17(20)18-11-13-7-9-22-12-13/h5-7,9-10,12H,3-4,8,11H2,1-2H3,(H2,18,19,20). The van der Waals surface area contributed by atoms with Gasteiger partial charge in [-0.05, 0) is 24.6 Å². The number of urea groups is 1. The van der Waals surface area contributed by atoms with Crippen molar-refractivity contribution in [1.29, 1.82) is 0 Å². The number of anilines is 1. The molecule has 6 nitrogen and oxygen atoms in total. The SMILES string of the molecule is CCCCOc1ccc(OC)cc1NC(=O)NCc1ccoc1. The van der Waals surface area contributed by atoms with E-state index >= 15 is 0 Å². The number of furan rings is 1. The maximum atomic E-state index is 12.0. The molecule has 1 heterocycles. The summed E-state index contributed by atoms with van der Waals surface area (Å²) in [4.78, 5) is 12.0. The van der Waals surface area contributed by atoms with Crippen LogP contribution < -0.4 is 20.1 Å². The lowest BCUT2D eigenvalue weighted by atomic mass is 10.2. The second-order valence-electron chi connectivity index (χ2n) is 5.00. The number of rotatable bonds is 8. The third kappa shape index (κ3) is 5.25. The van der Waals surface area contributed by atoms with Crippen molar-refractivity contribution >= 4 is 11.7 Å². The molecule has 23 heavy (non-hydrogen) atoms. The van der Waals surface area contributed by atoms with Crippen molar-refractivity contribution in [3.8, 4) is 11.5 Å². The molecule has 0 fully saturated rings. The topological polar surface area (TPSA) is 72.7 Å². The van der Waals surface area contributed by atoms with Crippen LogP contribution in [-0.4, -0.2) is 19.7 Å². The minimum absolute atomic E-state index is 0.320. The van der Waals surface area contributed by atoms with E-state index in [0.717, 1.165) is 18.4 Å². The zero-order valence-corrected chi connectivity index (χ0v) is 13.4. The fraction of sp³-hybridized carbons (Fsp3) is 0.353. The van der Waals surface area contributed by atoms with Crippen molar-refractivity contribution < 1.29 is 18.7 Å². The molecule has 0 saturated carbocycles. The third-order valence-electron chi connectivity index (χ3n) is 3.22. The lowest BCUT2D eigenvalue weighted by Gasteiger charge is -2.14. The lowest BCUT2D eigenvalue weighted by molar-refractivity contribution is 0.251. The van der Waals surface area contributed by atoms with E-state index in [0.29, 0.717) is 30.3 Å². The molecule has 2 N–H and O–H groups in total. The van der Waals surface area contributed by atoms with E-state index in [2.05, 4.69) is 17.6 Å². The van der Waals surface area contributed by atoms with E-state index in [4.69, 9.17) is 13.9 Å². The summed E-state index contributed by atoms with van der Waals surface area (Å²) in [5.41, 5.74) is 1.47. The van der Waals surface area contributed by atoms with Crippen LogP contribution in [0.15, 0.2) is 41.2 Å². The summed E-state index contributed by atoms with van der Waals surface area (Å²) in [6.45, 7) is 3.09. The van der Waals surface area contributed by atoms with Gasteiger partial charge in [0.15, 0.2) is 0 Å². The molecule has 1 aromatic heterocycles. The van der Waals surface area contributed by atoms with Crippen LogP contribution in [0.5, 0.6) is 11.5 Å². The third-order valence-corrected chi connectivity index (χ3v) is 3.22. The molecule has 2 aromatic rings. The van der Waals surface area contributed by atoms with Gasteiger partial charge >= 0.3 is 6.03 Å². The number of ether oxygens (including phenoxy) is 2. The zero-order chi connectivity index (χ0) is 16.5. The Bertz CT molecular complexity index is 611. The summed E-state index contributed by atoms with van der Waals surface area (Å²) >= 11 is 0. The molecule has 0 radical (unpaired) electrons. The molecule has 0 atom stereocenters. The van der Waals surface area contributed by atoms with E-state index < -0.39 is 0 Å². The molecule has 2 rings (SSSR count). The van der Waals surface area contributed by atoms with Crippen molar-refractivity contribution in [2.24, 2.45) is 0 Å². The molecule has 0 unspecified atom stereocenters. The summed E-state index contributed by atoms with van der Waals surface area (Å²) in [6.07, 6.45) is 5.16. The number of nitrogens with one attached hydrogen (secondary N) is 2. The largest absolute Gasteiger partial charge is 0.497 e. The second kappa shape index (κ2) is 8.73. The van der Waals surface area contributed by atoms with Gasteiger partial charge in [-0.25, -0.2) is 4.79 Å². The zero-order valence-electron chi connectivity index (χ0n) is 13.4. The fourth-order valence-electron chi connectivity index (χ4n) is 1.93. The van der Waals surface area contributed by atoms with E-state index in [-0.39, 0.29) is 6.03 Å². The van der Waals surface area contributed by atoms with Crippen LogP contribution in [0.3, 0.4) is 0 Å². The van der Waals surface area contributed by atoms with Gasteiger partial charge in [0.25, 0.3) is 0 Å². The van der Waals surface area contributed by atoms with E-state index in [1.165, 1.54) is 0 Å². The number of methoxy groups -OCH3 is 1. The maximum Gasteiger partial charge on any atom is 0.319 e. The first-order valence-corrected chi connectivity index (χ1v) is 7.59. The minimum Gasteiger partial charge on any atom is -0.497 e. The molecule has 0 bridgehead atoms. The molecule has 1 aromatic carbocycles. The number of benzene rings is 1. The highest BCUT2D eigenvalue weighted by molar-refractivity contribution is 5.91. The predicted molar refractivity (Wildman–Crippen MR) is 88.0 cm³/mol. The van der Waals surface area contributed by atoms with Crippen LogP contribution in [0.2, 0.25) is 0 Å². The van der Waals surface area contributed by atoms with Gasteiger partial charge < -0.3 is 24.5 Å².